The number of hydrogen-bond donors (Lipinski definition) is 0. The van der Waals surface area contributed by atoms with Gasteiger partial charge < -0.3 is 4.90 Å². The molecule has 1 aromatic heterocycles. The van der Waals surface area contributed by atoms with Crippen LogP contribution >= 0.6 is 11.8 Å². The first-order valence-electron chi connectivity index (χ1n) is 10.1. The Kier molecular flexibility index (Phi) is 5.82. The third-order valence-corrected chi connectivity index (χ3v) is 7.77. The Hall–Kier alpha value is -1.81. The number of aromatic nitrogens is 1. The minimum absolute atomic E-state index is 0.120. The molecule has 1 aliphatic carbocycles. The molecule has 0 radical (unpaired) electrons. The fraction of sp³-hybridized carbons (Fsp3) is 0.478. The highest BCUT2D eigenvalue weighted by atomic mass is 32.2. The van der Waals surface area contributed by atoms with Gasteiger partial charge in [0.1, 0.15) is 0 Å². The summed E-state index contributed by atoms with van der Waals surface area (Å²) in [5, 5.41) is 0. The lowest BCUT2D eigenvalue weighted by Crippen LogP contribution is -2.42. The highest BCUT2D eigenvalue weighted by molar-refractivity contribution is 8.00. The van der Waals surface area contributed by atoms with Gasteiger partial charge in [0.25, 0.3) is 0 Å². The Balaban J connectivity index is 1.50. The number of pyridine rings is 1. The van der Waals surface area contributed by atoms with Gasteiger partial charge in [-0.2, -0.15) is 11.8 Å². The van der Waals surface area contributed by atoms with E-state index in [2.05, 4.69) is 53.1 Å². The number of rotatable bonds is 4. The van der Waals surface area contributed by atoms with Crippen molar-refractivity contribution < 1.29 is 4.79 Å². The second-order valence-corrected chi connectivity index (χ2v) is 9.41. The summed E-state index contributed by atoms with van der Waals surface area (Å²) in [6.45, 7) is 1.53. The SMILES string of the molecule is O=C1C[C@@]2(CCCC[C@@H]2Cc2ccccc2)SCCN1Cc1cccnc1. The van der Waals surface area contributed by atoms with Crippen molar-refractivity contribution in [1.29, 1.82) is 0 Å². The molecule has 1 aliphatic heterocycles. The van der Waals surface area contributed by atoms with Gasteiger partial charge in [-0.3, -0.25) is 9.78 Å². The van der Waals surface area contributed by atoms with Crippen LogP contribution in [0.5, 0.6) is 0 Å². The molecular formula is C23H28N2OS. The highest BCUT2D eigenvalue weighted by Crippen LogP contribution is 2.49. The van der Waals surface area contributed by atoms with Crippen LogP contribution in [-0.4, -0.2) is 32.8 Å². The smallest absolute Gasteiger partial charge is 0.224 e. The summed E-state index contributed by atoms with van der Waals surface area (Å²) in [6.07, 6.45) is 10.4. The van der Waals surface area contributed by atoms with Crippen molar-refractivity contribution in [2.24, 2.45) is 5.92 Å². The van der Waals surface area contributed by atoms with E-state index >= 15 is 0 Å². The summed E-state index contributed by atoms with van der Waals surface area (Å²) in [5.41, 5.74) is 2.53. The van der Waals surface area contributed by atoms with Crippen LogP contribution in [0.2, 0.25) is 0 Å². The van der Waals surface area contributed by atoms with E-state index in [1.165, 1.54) is 31.2 Å². The Labute approximate surface area is 166 Å². The molecule has 1 aromatic carbocycles. The van der Waals surface area contributed by atoms with Gasteiger partial charge in [-0.1, -0.05) is 49.2 Å². The number of amides is 1. The number of thioether (sulfide) groups is 1. The van der Waals surface area contributed by atoms with Crippen molar-refractivity contribution in [3.8, 4) is 0 Å². The normalized spacial score (nSPS) is 26.1. The molecule has 4 heteroatoms. The van der Waals surface area contributed by atoms with E-state index in [4.69, 9.17) is 0 Å². The molecule has 2 aliphatic rings. The van der Waals surface area contributed by atoms with Crippen molar-refractivity contribution in [2.45, 2.75) is 49.8 Å². The molecule has 1 saturated carbocycles. The van der Waals surface area contributed by atoms with Gasteiger partial charge in [-0.05, 0) is 42.4 Å². The van der Waals surface area contributed by atoms with E-state index in [1.807, 2.05) is 17.2 Å². The fourth-order valence-corrected chi connectivity index (χ4v) is 6.34. The first-order chi connectivity index (χ1) is 13.3. The average Bonchev–Trinajstić information content (AvgIpc) is 2.85. The van der Waals surface area contributed by atoms with Crippen LogP contribution in [-0.2, 0) is 17.8 Å². The molecule has 4 rings (SSSR count). The van der Waals surface area contributed by atoms with E-state index in [1.54, 1.807) is 6.20 Å². The second-order valence-electron chi connectivity index (χ2n) is 7.90. The predicted octanol–water partition coefficient (Wildman–Crippen LogP) is 4.72. The monoisotopic (exact) mass is 380 g/mol. The minimum atomic E-state index is 0.120. The van der Waals surface area contributed by atoms with Crippen molar-refractivity contribution in [2.75, 3.05) is 12.3 Å². The summed E-state index contributed by atoms with van der Waals surface area (Å²) in [4.78, 5) is 19.4. The standard InChI is InChI=1S/C23H28N2OS/c26-22-16-23(27-14-13-25(22)18-20-9-6-12-24-17-20)11-5-4-10-21(23)15-19-7-2-1-3-8-19/h1-3,6-9,12,17,21H,4-5,10-11,13-16,18H2/t21-,23-/m1/s1. The van der Waals surface area contributed by atoms with Crippen LogP contribution in [0.1, 0.15) is 43.2 Å². The number of carbonyl (C=O) groups excluding carboxylic acids is 1. The Morgan fingerprint density at radius 1 is 1.11 bits per heavy atom. The summed E-state index contributed by atoms with van der Waals surface area (Å²) in [6, 6.07) is 14.8. The fourth-order valence-electron chi connectivity index (χ4n) is 4.67. The molecule has 2 aromatic rings. The Morgan fingerprint density at radius 2 is 1.96 bits per heavy atom. The molecule has 1 spiro atoms. The third-order valence-electron chi connectivity index (χ3n) is 6.12. The molecule has 1 amide bonds. The molecule has 2 heterocycles. The maximum atomic E-state index is 13.2. The number of nitrogens with zero attached hydrogens (tertiary/aromatic N) is 2. The zero-order valence-electron chi connectivity index (χ0n) is 15.8. The average molecular weight is 381 g/mol. The maximum absolute atomic E-state index is 13.2. The zero-order valence-corrected chi connectivity index (χ0v) is 16.7. The van der Waals surface area contributed by atoms with Gasteiger partial charge in [-0.15, -0.1) is 0 Å². The molecule has 1 saturated heterocycles. The zero-order chi connectivity index (χ0) is 18.5. The van der Waals surface area contributed by atoms with Crippen LogP contribution < -0.4 is 0 Å². The van der Waals surface area contributed by atoms with Crippen molar-refractivity contribution in [3.05, 3.63) is 66.0 Å². The topological polar surface area (TPSA) is 33.2 Å². The van der Waals surface area contributed by atoms with E-state index < -0.39 is 0 Å². The van der Waals surface area contributed by atoms with Crippen molar-refractivity contribution in [1.82, 2.24) is 9.88 Å². The summed E-state index contributed by atoms with van der Waals surface area (Å²) >= 11 is 2.07. The predicted molar refractivity (Wildman–Crippen MR) is 112 cm³/mol. The molecule has 3 nitrogen and oxygen atoms in total. The lowest BCUT2D eigenvalue weighted by Gasteiger charge is -2.43. The quantitative estimate of drug-likeness (QED) is 0.769. The molecule has 142 valence electrons. The van der Waals surface area contributed by atoms with E-state index in [9.17, 15) is 4.79 Å². The largest absolute Gasteiger partial charge is 0.337 e. The molecule has 2 fully saturated rings. The summed E-state index contributed by atoms with van der Waals surface area (Å²) in [5.74, 6) is 1.96. The third kappa shape index (κ3) is 4.37. The molecule has 0 bridgehead atoms. The van der Waals surface area contributed by atoms with Gasteiger partial charge in [-0.25, -0.2) is 0 Å². The van der Waals surface area contributed by atoms with Crippen LogP contribution in [0.3, 0.4) is 0 Å². The summed E-state index contributed by atoms with van der Waals surface area (Å²) in [7, 11) is 0. The van der Waals surface area contributed by atoms with E-state index in [0.29, 0.717) is 24.8 Å². The number of carbonyl (C=O) groups is 1. The van der Waals surface area contributed by atoms with Gasteiger partial charge in [0, 0.05) is 42.4 Å². The van der Waals surface area contributed by atoms with E-state index in [0.717, 1.165) is 24.3 Å². The lowest BCUT2D eigenvalue weighted by molar-refractivity contribution is -0.132. The van der Waals surface area contributed by atoms with Gasteiger partial charge in [0.15, 0.2) is 0 Å². The van der Waals surface area contributed by atoms with E-state index in [-0.39, 0.29) is 4.75 Å². The van der Waals surface area contributed by atoms with Crippen LogP contribution in [0.4, 0.5) is 0 Å². The molecule has 0 unspecified atom stereocenters. The first-order valence-corrected chi connectivity index (χ1v) is 11.1. The minimum Gasteiger partial charge on any atom is -0.337 e. The molecule has 27 heavy (non-hydrogen) atoms. The van der Waals surface area contributed by atoms with Crippen LogP contribution in [0.25, 0.3) is 0 Å². The maximum Gasteiger partial charge on any atom is 0.224 e. The Morgan fingerprint density at radius 3 is 2.78 bits per heavy atom. The second kappa shape index (κ2) is 8.47. The highest BCUT2D eigenvalue weighted by Gasteiger charge is 2.44. The molecule has 0 N–H and O–H groups in total. The van der Waals surface area contributed by atoms with Crippen LogP contribution in [0, 0.1) is 5.92 Å². The van der Waals surface area contributed by atoms with Gasteiger partial charge in [0.05, 0.1) is 0 Å². The first kappa shape index (κ1) is 18.5. The van der Waals surface area contributed by atoms with Crippen molar-refractivity contribution >= 4 is 17.7 Å². The van der Waals surface area contributed by atoms with Gasteiger partial charge >= 0.3 is 0 Å². The Bertz CT molecular complexity index is 751. The molecule has 2 atom stereocenters. The lowest BCUT2D eigenvalue weighted by atomic mass is 9.73. The summed E-state index contributed by atoms with van der Waals surface area (Å²) < 4.78 is 0.120. The number of benzene rings is 1. The van der Waals surface area contributed by atoms with Crippen LogP contribution in [0.15, 0.2) is 54.9 Å². The molecular weight excluding hydrogens is 352 g/mol. The van der Waals surface area contributed by atoms with Gasteiger partial charge in [0.2, 0.25) is 5.91 Å². The van der Waals surface area contributed by atoms with Crippen molar-refractivity contribution in [3.63, 3.8) is 0 Å². The number of hydrogen-bond acceptors (Lipinski definition) is 3.